The van der Waals surface area contributed by atoms with E-state index in [2.05, 4.69) is 5.32 Å². The van der Waals surface area contributed by atoms with Gasteiger partial charge in [0.25, 0.3) is 5.91 Å². The quantitative estimate of drug-likeness (QED) is 0.693. The Morgan fingerprint density at radius 1 is 1.26 bits per heavy atom. The van der Waals surface area contributed by atoms with E-state index >= 15 is 0 Å². The summed E-state index contributed by atoms with van der Waals surface area (Å²) in [6, 6.07) is 10.9. The molecule has 0 fully saturated rings. The molecular weight excluding hydrogens is 312 g/mol. The number of nitrogens with zero attached hydrogens (tertiary/aromatic N) is 1. The average Bonchev–Trinajstić information content (AvgIpc) is 2.97. The molecule has 0 unspecified atom stereocenters. The number of thiophene rings is 1. The van der Waals surface area contributed by atoms with Gasteiger partial charge in [-0.15, -0.1) is 11.3 Å². The molecule has 1 aliphatic heterocycles. The van der Waals surface area contributed by atoms with Crippen molar-refractivity contribution in [3.05, 3.63) is 45.7 Å². The standard InChI is InChI=1S/C17H14N2O3S/c1-11-2-4-14(23-11)8-12(10-18)17(20)19-13-3-5-15-16(9-13)22-7-6-21-15/h2-5,8-9H,6-7H2,1H3,(H,19,20). The first-order chi connectivity index (χ1) is 11.2. The topological polar surface area (TPSA) is 71.4 Å². The highest BCUT2D eigenvalue weighted by molar-refractivity contribution is 7.12. The largest absolute Gasteiger partial charge is 0.486 e. The number of hydrogen-bond donors (Lipinski definition) is 1. The molecule has 2 heterocycles. The van der Waals surface area contributed by atoms with Crippen LogP contribution >= 0.6 is 11.3 Å². The summed E-state index contributed by atoms with van der Waals surface area (Å²) < 4.78 is 10.9. The first kappa shape index (κ1) is 15.1. The Bertz CT molecular complexity index is 817. The summed E-state index contributed by atoms with van der Waals surface area (Å²) in [6.45, 7) is 2.97. The van der Waals surface area contributed by atoms with E-state index in [9.17, 15) is 10.1 Å². The van der Waals surface area contributed by atoms with E-state index < -0.39 is 5.91 Å². The van der Waals surface area contributed by atoms with E-state index in [4.69, 9.17) is 9.47 Å². The maximum absolute atomic E-state index is 12.3. The van der Waals surface area contributed by atoms with Crippen LogP contribution in [-0.4, -0.2) is 19.1 Å². The summed E-state index contributed by atoms with van der Waals surface area (Å²) in [5.41, 5.74) is 0.615. The number of nitriles is 1. The van der Waals surface area contributed by atoms with Gasteiger partial charge in [0, 0.05) is 21.5 Å². The summed E-state index contributed by atoms with van der Waals surface area (Å²) in [4.78, 5) is 14.3. The Balaban J connectivity index is 1.77. The molecule has 0 spiro atoms. The first-order valence-electron chi connectivity index (χ1n) is 7.05. The van der Waals surface area contributed by atoms with Crippen molar-refractivity contribution in [2.45, 2.75) is 6.92 Å². The van der Waals surface area contributed by atoms with Crippen molar-refractivity contribution in [1.82, 2.24) is 0 Å². The number of nitrogens with one attached hydrogen (secondary N) is 1. The highest BCUT2D eigenvalue weighted by Crippen LogP contribution is 2.32. The fourth-order valence-electron chi connectivity index (χ4n) is 2.14. The van der Waals surface area contributed by atoms with Crippen molar-refractivity contribution >= 4 is 29.0 Å². The predicted molar refractivity (Wildman–Crippen MR) is 88.7 cm³/mol. The third kappa shape index (κ3) is 3.52. The molecule has 6 heteroatoms. The third-order valence-electron chi connectivity index (χ3n) is 3.21. The second kappa shape index (κ2) is 6.55. The number of carbonyl (C=O) groups is 1. The molecule has 0 saturated carbocycles. The molecule has 0 aliphatic carbocycles. The number of fused-ring (bicyclic) bond motifs is 1. The SMILES string of the molecule is Cc1ccc(C=C(C#N)C(=O)Nc2ccc3c(c2)OCCO3)s1. The van der Waals surface area contributed by atoms with Crippen LogP contribution in [0.3, 0.4) is 0 Å². The Morgan fingerprint density at radius 3 is 2.74 bits per heavy atom. The third-order valence-corrected chi connectivity index (χ3v) is 4.16. The molecule has 5 nitrogen and oxygen atoms in total. The van der Waals surface area contributed by atoms with E-state index in [0.29, 0.717) is 30.4 Å². The van der Waals surface area contributed by atoms with Gasteiger partial charge < -0.3 is 14.8 Å². The monoisotopic (exact) mass is 326 g/mol. The molecule has 3 rings (SSSR count). The second-order valence-corrected chi connectivity index (χ2v) is 6.25. The number of rotatable bonds is 3. The normalized spacial score (nSPS) is 13.3. The molecule has 0 bridgehead atoms. The van der Waals surface area contributed by atoms with Crippen LogP contribution < -0.4 is 14.8 Å². The Labute approximate surface area is 137 Å². The molecule has 1 aromatic carbocycles. The van der Waals surface area contributed by atoms with E-state index in [1.807, 2.05) is 25.1 Å². The average molecular weight is 326 g/mol. The van der Waals surface area contributed by atoms with Gasteiger partial charge in [0.2, 0.25) is 0 Å². The minimum absolute atomic E-state index is 0.0572. The summed E-state index contributed by atoms with van der Waals surface area (Å²) in [6.07, 6.45) is 1.59. The minimum atomic E-state index is -0.449. The van der Waals surface area contributed by atoms with E-state index in [1.54, 1.807) is 24.3 Å². The molecule has 2 aromatic rings. The fourth-order valence-corrected chi connectivity index (χ4v) is 2.96. The Kier molecular flexibility index (Phi) is 4.31. The summed E-state index contributed by atoms with van der Waals surface area (Å²) in [5, 5.41) is 11.9. The van der Waals surface area contributed by atoms with Crippen LogP contribution in [0, 0.1) is 18.3 Å². The Morgan fingerprint density at radius 2 is 2.04 bits per heavy atom. The molecule has 1 aromatic heterocycles. The summed E-state index contributed by atoms with van der Waals surface area (Å²) in [7, 11) is 0. The zero-order chi connectivity index (χ0) is 16.2. The van der Waals surface area contributed by atoms with Crippen molar-refractivity contribution in [3.8, 4) is 17.6 Å². The molecular formula is C17H14N2O3S. The molecule has 0 saturated heterocycles. The van der Waals surface area contributed by atoms with Gasteiger partial charge in [0.15, 0.2) is 11.5 Å². The van der Waals surface area contributed by atoms with Crippen LogP contribution in [0.1, 0.15) is 9.75 Å². The maximum Gasteiger partial charge on any atom is 0.266 e. The lowest BCUT2D eigenvalue weighted by molar-refractivity contribution is -0.112. The zero-order valence-electron chi connectivity index (χ0n) is 12.5. The van der Waals surface area contributed by atoms with Crippen molar-refractivity contribution in [1.29, 1.82) is 5.26 Å². The molecule has 0 atom stereocenters. The van der Waals surface area contributed by atoms with Gasteiger partial charge in [-0.05, 0) is 37.3 Å². The van der Waals surface area contributed by atoms with Crippen molar-refractivity contribution in [3.63, 3.8) is 0 Å². The van der Waals surface area contributed by atoms with Crippen LogP contribution in [0.2, 0.25) is 0 Å². The molecule has 0 radical (unpaired) electrons. The summed E-state index contributed by atoms with van der Waals surface area (Å²) in [5.74, 6) is 0.792. The van der Waals surface area contributed by atoms with E-state index in [1.165, 1.54) is 11.3 Å². The number of carbonyl (C=O) groups excluding carboxylic acids is 1. The summed E-state index contributed by atoms with van der Waals surface area (Å²) >= 11 is 1.53. The van der Waals surface area contributed by atoms with Gasteiger partial charge in [-0.3, -0.25) is 4.79 Å². The van der Waals surface area contributed by atoms with Crippen LogP contribution in [0.5, 0.6) is 11.5 Å². The second-order valence-electron chi connectivity index (χ2n) is 4.93. The first-order valence-corrected chi connectivity index (χ1v) is 7.86. The van der Waals surface area contributed by atoms with E-state index in [-0.39, 0.29) is 5.57 Å². The number of hydrogen-bond acceptors (Lipinski definition) is 5. The number of benzene rings is 1. The molecule has 1 N–H and O–H groups in total. The van der Waals surface area contributed by atoms with Gasteiger partial charge in [-0.2, -0.15) is 5.26 Å². The van der Waals surface area contributed by atoms with Gasteiger partial charge in [-0.1, -0.05) is 0 Å². The van der Waals surface area contributed by atoms with Gasteiger partial charge in [0.1, 0.15) is 24.9 Å². The van der Waals surface area contributed by atoms with Crippen LogP contribution in [0.15, 0.2) is 35.9 Å². The Hall–Kier alpha value is -2.78. The molecule has 1 aliphatic rings. The van der Waals surface area contributed by atoms with Crippen LogP contribution in [0.4, 0.5) is 5.69 Å². The number of aryl methyl sites for hydroxylation is 1. The zero-order valence-corrected chi connectivity index (χ0v) is 13.3. The van der Waals surface area contributed by atoms with Gasteiger partial charge >= 0.3 is 0 Å². The molecule has 116 valence electrons. The lowest BCUT2D eigenvalue weighted by Crippen LogP contribution is -2.17. The highest BCUT2D eigenvalue weighted by atomic mass is 32.1. The highest BCUT2D eigenvalue weighted by Gasteiger charge is 2.14. The van der Waals surface area contributed by atoms with Crippen molar-refractivity contribution < 1.29 is 14.3 Å². The smallest absolute Gasteiger partial charge is 0.266 e. The predicted octanol–water partition coefficient (Wildman–Crippen LogP) is 3.37. The maximum atomic E-state index is 12.3. The van der Waals surface area contributed by atoms with Gasteiger partial charge in [0.05, 0.1) is 0 Å². The van der Waals surface area contributed by atoms with Crippen LogP contribution in [0.25, 0.3) is 6.08 Å². The van der Waals surface area contributed by atoms with Gasteiger partial charge in [-0.25, -0.2) is 0 Å². The van der Waals surface area contributed by atoms with Crippen molar-refractivity contribution in [2.24, 2.45) is 0 Å². The van der Waals surface area contributed by atoms with Crippen molar-refractivity contribution in [2.75, 3.05) is 18.5 Å². The van der Waals surface area contributed by atoms with Crippen LogP contribution in [-0.2, 0) is 4.79 Å². The number of amides is 1. The molecule has 1 amide bonds. The lowest BCUT2D eigenvalue weighted by atomic mass is 10.2. The number of anilines is 1. The lowest BCUT2D eigenvalue weighted by Gasteiger charge is -2.18. The number of ether oxygens (including phenoxy) is 2. The molecule has 23 heavy (non-hydrogen) atoms. The fraction of sp³-hybridized carbons (Fsp3) is 0.176. The minimum Gasteiger partial charge on any atom is -0.486 e. The van der Waals surface area contributed by atoms with E-state index in [0.717, 1.165) is 9.75 Å².